The molecule has 0 amide bonds. The van der Waals surface area contributed by atoms with Crippen LogP contribution in [0.2, 0.25) is 0 Å². The van der Waals surface area contributed by atoms with E-state index in [-0.39, 0.29) is 16.6 Å². The lowest BCUT2D eigenvalue weighted by molar-refractivity contribution is 0.0697. The Morgan fingerprint density at radius 1 is 1.38 bits per heavy atom. The fourth-order valence-corrected chi connectivity index (χ4v) is 4.72. The SMILES string of the molecule is Cc1nsc(NS(=O)(=O)N(C)C2CCCCC2)c1C(=O)O. The molecular weight excluding hydrogens is 314 g/mol. The second kappa shape index (κ2) is 6.29. The Morgan fingerprint density at radius 2 is 2.00 bits per heavy atom. The second-order valence-corrected chi connectivity index (χ2v) is 7.70. The number of hydrogen-bond donors (Lipinski definition) is 2. The number of carbonyl (C=O) groups is 1. The van der Waals surface area contributed by atoms with Gasteiger partial charge in [0.2, 0.25) is 0 Å². The van der Waals surface area contributed by atoms with Crippen molar-refractivity contribution in [1.82, 2.24) is 8.68 Å². The number of anilines is 1. The van der Waals surface area contributed by atoms with Crippen LogP contribution >= 0.6 is 11.5 Å². The van der Waals surface area contributed by atoms with E-state index in [4.69, 9.17) is 5.11 Å². The molecule has 1 aromatic heterocycles. The summed E-state index contributed by atoms with van der Waals surface area (Å²) >= 11 is 0.848. The third-order valence-corrected chi connectivity index (χ3v) is 6.27. The summed E-state index contributed by atoms with van der Waals surface area (Å²) in [4.78, 5) is 11.2. The maximum atomic E-state index is 12.4. The normalized spacial score (nSPS) is 17.1. The number of aromatic nitrogens is 1. The topological polar surface area (TPSA) is 99.6 Å². The molecule has 1 fully saturated rings. The summed E-state index contributed by atoms with van der Waals surface area (Å²) in [6.45, 7) is 1.54. The quantitative estimate of drug-likeness (QED) is 0.859. The third-order valence-electron chi connectivity index (χ3n) is 3.77. The van der Waals surface area contributed by atoms with Crippen LogP contribution < -0.4 is 4.72 Å². The Bertz CT molecular complexity index is 620. The fraction of sp³-hybridized carbons (Fsp3) is 0.667. The molecule has 21 heavy (non-hydrogen) atoms. The zero-order valence-electron chi connectivity index (χ0n) is 12.0. The zero-order valence-corrected chi connectivity index (χ0v) is 13.6. The van der Waals surface area contributed by atoms with Crippen LogP contribution in [-0.2, 0) is 10.2 Å². The molecule has 2 N–H and O–H groups in total. The lowest BCUT2D eigenvalue weighted by Crippen LogP contribution is -2.41. The predicted molar refractivity (Wildman–Crippen MR) is 81.0 cm³/mol. The Kier molecular flexibility index (Phi) is 4.84. The second-order valence-electron chi connectivity index (χ2n) is 5.19. The van der Waals surface area contributed by atoms with Crippen molar-refractivity contribution in [2.24, 2.45) is 0 Å². The van der Waals surface area contributed by atoms with Gasteiger partial charge in [-0.3, -0.25) is 4.72 Å². The van der Waals surface area contributed by atoms with E-state index in [9.17, 15) is 13.2 Å². The Morgan fingerprint density at radius 3 is 2.57 bits per heavy atom. The monoisotopic (exact) mass is 333 g/mol. The van der Waals surface area contributed by atoms with Crippen LogP contribution in [0.4, 0.5) is 5.00 Å². The first kappa shape index (κ1) is 16.2. The van der Waals surface area contributed by atoms with Gasteiger partial charge in [0.15, 0.2) is 0 Å². The molecule has 1 saturated carbocycles. The molecule has 0 radical (unpaired) electrons. The zero-order chi connectivity index (χ0) is 15.6. The standard InChI is InChI=1S/C12H19N3O4S2/c1-8-10(12(16)17)11(20-13-8)14-21(18,19)15(2)9-6-4-3-5-7-9/h9,14H,3-7H2,1-2H3,(H,16,17). The molecule has 7 nitrogen and oxygen atoms in total. The Balaban J connectivity index is 2.19. The van der Waals surface area contributed by atoms with Crippen LogP contribution in [0.25, 0.3) is 0 Å². The number of carboxylic acids is 1. The molecule has 0 spiro atoms. The van der Waals surface area contributed by atoms with Crippen LogP contribution in [0, 0.1) is 6.92 Å². The molecule has 1 aromatic rings. The van der Waals surface area contributed by atoms with Gasteiger partial charge in [0.05, 0.1) is 5.69 Å². The van der Waals surface area contributed by atoms with Crippen molar-refractivity contribution in [2.45, 2.75) is 45.1 Å². The van der Waals surface area contributed by atoms with E-state index in [0.29, 0.717) is 5.69 Å². The van der Waals surface area contributed by atoms with Crippen LogP contribution in [0.5, 0.6) is 0 Å². The molecule has 2 rings (SSSR count). The number of hydrogen-bond acceptors (Lipinski definition) is 5. The van der Waals surface area contributed by atoms with E-state index >= 15 is 0 Å². The summed E-state index contributed by atoms with van der Waals surface area (Å²) in [6, 6.07) is -0.0291. The first-order valence-electron chi connectivity index (χ1n) is 6.78. The smallest absolute Gasteiger partial charge is 0.340 e. The van der Waals surface area contributed by atoms with Crippen LogP contribution in [-0.4, -0.2) is 41.3 Å². The van der Waals surface area contributed by atoms with Gasteiger partial charge in [-0.2, -0.15) is 17.1 Å². The van der Waals surface area contributed by atoms with Gasteiger partial charge in [0.1, 0.15) is 10.6 Å². The molecule has 0 unspecified atom stereocenters. The van der Waals surface area contributed by atoms with Crippen LogP contribution in [0.1, 0.15) is 48.2 Å². The summed E-state index contributed by atoms with van der Waals surface area (Å²) in [5, 5.41) is 9.20. The molecule has 0 atom stereocenters. The van der Waals surface area contributed by atoms with E-state index in [1.165, 1.54) is 11.4 Å². The minimum absolute atomic E-state index is 0.0291. The van der Waals surface area contributed by atoms with Crippen molar-refractivity contribution in [3.63, 3.8) is 0 Å². The van der Waals surface area contributed by atoms with Crippen molar-refractivity contribution in [3.05, 3.63) is 11.3 Å². The van der Waals surface area contributed by atoms with Gasteiger partial charge in [-0.15, -0.1) is 0 Å². The fourth-order valence-electron chi connectivity index (χ4n) is 2.52. The number of nitrogens with one attached hydrogen (secondary N) is 1. The summed E-state index contributed by atoms with van der Waals surface area (Å²) < 4.78 is 32.3. The lowest BCUT2D eigenvalue weighted by atomic mass is 9.96. The molecule has 9 heteroatoms. The molecule has 0 aromatic carbocycles. The van der Waals surface area contributed by atoms with E-state index < -0.39 is 16.2 Å². The number of aryl methyl sites for hydroxylation is 1. The van der Waals surface area contributed by atoms with E-state index in [0.717, 1.165) is 43.6 Å². The Hall–Kier alpha value is -1.19. The molecule has 1 heterocycles. The Labute approximate surface area is 128 Å². The maximum Gasteiger partial charge on any atom is 0.340 e. The predicted octanol–water partition coefficient (Wildman–Crippen LogP) is 2.07. The average molecular weight is 333 g/mol. The molecule has 1 aliphatic carbocycles. The molecule has 118 valence electrons. The number of nitrogens with zero attached hydrogens (tertiary/aromatic N) is 2. The van der Waals surface area contributed by atoms with Crippen molar-refractivity contribution in [1.29, 1.82) is 0 Å². The molecule has 0 bridgehead atoms. The highest BCUT2D eigenvalue weighted by molar-refractivity contribution is 7.90. The largest absolute Gasteiger partial charge is 0.478 e. The maximum absolute atomic E-state index is 12.4. The summed E-state index contributed by atoms with van der Waals surface area (Å²) in [5.74, 6) is -1.18. The van der Waals surface area contributed by atoms with Gasteiger partial charge in [0.25, 0.3) is 0 Å². The minimum atomic E-state index is -3.77. The van der Waals surface area contributed by atoms with Gasteiger partial charge in [0, 0.05) is 13.1 Å². The van der Waals surface area contributed by atoms with Crippen molar-refractivity contribution in [3.8, 4) is 0 Å². The highest BCUT2D eigenvalue weighted by Crippen LogP contribution is 2.28. The van der Waals surface area contributed by atoms with Crippen molar-refractivity contribution >= 4 is 32.7 Å². The highest BCUT2D eigenvalue weighted by Gasteiger charge is 2.30. The van der Waals surface area contributed by atoms with Crippen molar-refractivity contribution in [2.75, 3.05) is 11.8 Å². The van der Waals surface area contributed by atoms with Crippen LogP contribution in [0.15, 0.2) is 0 Å². The summed E-state index contributed by atoms with van der Waals surface area (Å²) in [5.41, 5.74) is 0.228. The molecule has 1 aliphatic rings. The van der Waals surface area contributed by atoms with E-state index in [1.807, 2.05) is 0 Å². The van der Waals surface area contributed by atoms with Gasteiger partial charge >= 0.3 is 16.2 Å². The molecular formula is C12H19N3O4S2. The number of rotatable bonds is 5. The first-order valence-corrected chi connectivity index (χ1v) is 8.99. The van der Waals surface area contributed by atoms with Gasteiger partial charge in [-0.25, -0.2) is 4.79 Å². The first-order chi connectivity index (χ1) is 9.83. The highest BCUT2D eigenvalue weighted by atomic mass is 32.2. The average Bonchev–Trinajstić information content (AvgIpc) is 2.79. The third kappa shape index (κ3) is 3.53. The minimum Gasteiger partial charge on any atom is -0.478 e. The lowest BCUT2D eigenvalue weighted by Gasteiger charge is -2.30. The van der Waals surface area contributed by atoms with Gasteiger partial charge < -0.3 is 5.11 Å². The number of carboxylic acid groups (broad SMARTS) is 1. The summed E-state index contributed by atoms with van der Waals surface area (Å²) in [6.07, 6.45) is 4.85. The number of aromatic carboxylic acids is 1. The van der Waals surface area contributed by atoms with E-state index in [1.54, 1.807) is 6.92 Å². The van der Waals surface area contributed by atoms with Crippen LogP contribution in [0.3, 0.4) is 0 Å². The summed E-state index contributed by atoms with van der Waals surface area (Å²) in [7, 11) is -2.23. The van der Waals surface area contributed by atoms with Crippen molar-refractivity contribution < 1.29 is 18.3 Å². The van der Waals surface area contributed by atoms with E-state index in [2.05, 4.69) is 9.10 Å². The van der Waals surface area contributed by atoms with Gasteiger partial charge in [-0.05, 0) is 31.3 Å². The van der Waals surface area contributed by atoms with Gasteiger partial charge in [-0.1, -0.05) is 19.3 Å². The molecule has 0 saturated heterocycles. The molecule has 0 aliphatic heterocycles.